The third kappa shape index (κ3) is 3.95. The van der Waals surface area contributed by atoms with Gasteiger partial charge in [0.05, 0.1) is 16.1 Å². The quantitative estimate of drug-likeness (QED) is 0.602. The number of aromatic nitrogens is 1. The number of amides is 1. The van der Waals surface area contributed by atoms with Crippen LogP contribution in [0.5, 0.6) is 0 Å². The van der Waals surface area contributed by atoms with Crippen LogP contribution >= 0.6 is 0 Å². The molecule has 0 unspecified atom stereocenters. The molecule has 1 fully saturated rings. The minimum Gasteiger partial charge on any atom is -0.345 e. The van der Waals surface area contributed by atoms with Crippen LogP contribution in [0.1, 0.15) is 40.6 Å². The Balaban J connectivity index is 1.56. The molecule has 1 aromatic heterocycles. The lowest BCUT2D eigenvalue weighted by atomic mass is 10.2. The minimum absolute atomic E-state index is 0.0768. The molecule has 156 valence electrons. The van der Waals surface area contributed by atoms with Crippen LogP contribution in [0.15, 0.2) is 59.5 Å². The average Bonchev–Trinajstić information content (AvgIpc) is 3.48. The molecule has 1 aliphatic carbocycles. The third-order valence-corrected chi connectivity index (χ3v) is 6.52. The van der Waals surface area contributed by atoms with Crippen molar-refractivity contribution < 1.29 is 17.6 Å². The highest BCUT2D eigenvalue weighted by molar-refractivity contribution is 7.92. The molecule has 2 aromatic carbocycles. The number of nitrogens with one attached hydrogen (secondary N) is 2. The first-order chi connectivity index (χ1) is 14.3. The average molecular weight is 428 g/mol. The number of anilines is 2. The van der Waals surface area contributed by atoms with Crippen molar-refractivity contribution in [1.82, 2.24) is 4.57 Å². The number of nitrogens with zero attached hydrogens (tertiary/aromatic N) is 1. The van der Waals surface area contributed by atoms with Gasteiger partial charge in [0.25, 0.3) is 15.9 Å². The van der Waals surface area contributed by atoms with E-state index in [4.69, 9.17) is 0 Å². The van der Waals surface area contributed by atoms with E-state index in [9.17, 15) is 17.6 Å². The van der Waals surface area contributed by atoms with Gasteiger partial charge in [0.1, 0.15) is 5.82 Å². The molecule has 1 amide bonds. The Bertz CT molecular complexity index is 1230. The van der Waals surface area contributed by atoms with Crippen molar-refractivity contribution >= 4 is 27.3 Å². The van der Waals surface area contributed by atoms with Gasteiger partial charge < -0.3 is 9.88 Å². The monoisotopic (exact) mass is 427 g/mol. The third-order valence-electron chi connectivity index (χ3n) is 5.16. The summed E-state index contributed by atoms with van der Waals surface area (Å²) in [5.41, 5.74) is 2.70. The van der Waals surface area contributed by atoms with Gasteiger partial charge in [-0.2, -0.15) is 0 Å². The molecule has 1 aliphatic rings. The maximum Gasteiger partial charge on any atom is 0.262 e. The fourth-order valence-corrected chi connectivity index (χ4v) is 4.70. The van der Waals surface area contributed by atoms with E-state index < -0.39 is 15.8 Å². The summed E-state index contributed by atoms with van der Waals surface area (Å²) < 4.78 is 43.5. The smallest absolute Gasteiger partial charge is 0.262 e. The summed E-state index contributed by atoms with van der Waals surface area (Å²) >= 11 is 0. The van der Waals surface area contributed by atoms with Crippen molar-refractivity contribution in [3.63, 3.8) is 0 Å². The van der Waals surface area contributed by atoms with Crippen molar-refractivity contribution in [2.24, 2.45) is 0 Å². The van der Waals surface area contributed by atoms with Crippen molar-refractivity contribution in [3.8, 4) is 0 Å². The summed E-state index contributed by atoms with van der Waals surface area (Å²) in [5.74, 6) is -0.969. The molecule has 30 heavy (non-hydrogen) atoms. The molecule has 8 heteroatoms. The molecule has 0 atom stereocenters. The van der Waals surface area contributed by atoms with Gasteiger partial charge in [-0.25, -0.2) is 12.8 Å². The molecule has 4 rings (SSSR count). The SMILES string of the molecule is Cc1cc(C(=O)Nc2cccc(S(=O)(=O)Nc3ccccc3F)c2)c(C)n1C1CC1. The van der Waals surface area contributed by atoms with E-state index >= 15 is 0 Å². The predicted octanol–water partition coefficient (Wildman–Crippen LogP) is 4.63. The Morgan fingerprint density at radius 2 is 1.80 bits per heavy atom. The highest BCUT2D eigenvalue weighted by Crippen LogP contribution is 2.38. The van der Waals surface area contributed by atoms with Crippen molar-refractivity contribution in [2.45, 2.75) is 37.6 Å². The lowest BCUT2D eigenvalue weighted by Crippen LogP contribution is -2.16. The lowest BCUT2D eigenvalue weighted by molar-refractivity contribution is 0.102. The molecule has 1 heterocycles. The van der Waals surface area contributed by atoms with E-state index in [1.165, 1.54) is 42.5 Å². The Morgan fingerprint density at radius 3 is 2.50 bits per heavy atom. The molecule has 0 aliphatic heterocycles. The Kier molecular flexibility index (Phi) is 5.11. The maximum atomic E-state index is 13.8. The normalized spacial score (nSPS) is 13.8. The zero-order valence-electron chi connectivity index (χ0n) is 16.6. The van der Waals surface area contributed by atoms with Crippen LogP contribution in [0, 0.1) is 19.7 Å². The standard InChI is InChI=1S/C22H22FN3O3S/c1-14-12-19(15(2)26(14)17-10-11-17)22(27)24-16-6-5-7-18(13-16)30(28,29)25-21-9-4-3-8-20(21)23/h3-9,12-13,17,25H,10-11H2,1-2H3,(H,24,27). The Morgan fingerprint density at radius 1 is 1.07 bits per heavy atom. The van der Waals surface area contributed by atoms with Gasteiger partial charge in [0.15, 0.2) is 0 Å². The molecule has 0 radical (unpaired) electrons. The van der Waals surface area contributed by atoms with E-state index in [0.717, 1.165) is 24.2 Å². The number of sulfonamides is 1. The number of hydrogen-bond acceptors (Lipinski definition) is 3. The first-order valence-electron chi connectivity index (χ1n) is 9.63. The summed E-state index contributed by atoms with van der Waals surface area (Å²) in [6, 6.07) is 13.7. The van der Waals surface area contributed by atoms with Gasteiger partial charge in [0, 0.05) is 23.1 Å². The summed E-state index contributed by atoms with van der Waals surface area (Å²) in [6.07, 6.45) is 2.23. The molecule has 6 nitrogen and oxygen atoms in total. The molecule has 0 spiro atoms. The number of halogens is 1. The van der Waals surface area contributed by atoms with Crippen LogP contribution in [0.4, 0.5) is 15.8 Å². The molecular weight excluding hydrogens is 405 g/mol. The van der Waals surface area contributed by atoms with Crippen molar-refractivity contribution in [2.75, 3.05) is 10.0 Å². The van der Waals surface area contributed by atoms with Crippen LogP contribution in [-0.4, -0.2) is 18.9 Å². The topological polar surface area (TPSA) is 80.2 Å². The molecule has 0 bridgehead atoms. The predicted molar refractivity (Wildman–Crippen MR) is 114 cm³/mol. The second-order valence-electron chi connectivity index (χ2n) is 7.45. The highest BCUT2D eigenvalue weighted by atomic mass is 32.2. The first kappa shape index (κ1) is 20.2. The van der Waals surface area contributed by atoms with E-state index in [0.29, 0.717) is 17.3 Å². The van der Waals surface area contributed by atoms with Crippen LogP contribution in [0.3, 0.4) is 0 Å². The number of para-hydroxylation sites is 1. The Hall–Kier alpha value is -3.13. The second-order valence-corrected chi connectivity index (χ2v) is 9.14. The van der Waals surface area contributed by atoms with E-state index in [1.54, 1.807) is 6.07 Å². The summed E-state index contributed by atoms with van der Waals surface area (Å²) in [5, 5.41) is 2.77. The fourth-order valence-electron chi connectivity index (χ4n) is 3.59. The van der Waals surface area contributed by atoms with Gasteiger partial charge in [-0.15, -0.1) is 0 Å². The van der Waals surface area contributed by atoms with Crippen LogP contribution in [-0.2, 0) is 10.0 Å². The fraction of sp³-hybridized carbons (Fsp3) is 0.227. The number of hydrogen-bond donors (Lipinski definition) is 2. The second kappa shape index (κ2) is 7.60. The summed E-state index contributed by atoms with van der Waals surface area (Å²) in [6.45, 7) is 3.89. The molecule has 2 N–H and O–H groups in total. The maximum absolute atomic E-state index is 13.8. The number of aryl methyl sites for hydroxylation is 1. The molecule has 3 aromatic rings. The lowest BCUT2D eigenvalue weighted by Gasteiger charge is -2.11. The largest absolute Gasteiger partial charge is 0.345 e. The van der Waals surface area contributed by atoms with E-state index in [2.05, 4.69) is 14.6 Å². The zero-order valence-corrected chi connectivity index (χ0v) is 17.5. The van der Waals surface area contributed by atoms with Crippen molar-refractivity contribution in [1.29, 1.82) is 0 Å². The minimum atomic E-state index is -4.02. The van der Waals surface area contributed by atoms with Crippen LogP contribution < -0.4 is 10.0 Å². The zero-order chi connectivity index (χ0) is 21.5. The Labute approximate surface area is 174 Å². The van der Waals surface area contributed by atoms with Gasteiger partial charge in [-0.3, -0.25) is 9.52 Å². The first-order valence-corrected chi connectivity index (χ1v) is 11.1. The number of benzene rings is 2. The van der Waals surface area contributed by atoms with Crippen molar-refractivity contribution in [3.05, 3.63) is 77.4 Å². The molecular formula is C22H22FN3O3S. The number of carbonyl (C=O) groups is 1. The van der Waals surface area contributed by atoms with Gasteiger partial charge in [-0.05, 0) is 63.1 Å². The number of carbonyl (C=O) groups excluding carboxylic acids is 1. The van der Waals surface area contributed by atoms with Gasteiger partial charge in [0.2, 0.25) is 0 Å². The van der Waals surface area contributed by atoms with Gasteiger partial charge in [-0.1, -0.05) is 18.2 Å². The van der Waals surface area contributed by atoms with E-state index in [1.807, 2.05) is 19.9 Å². The molecule has 0 saturated heterocycles. The molecule has 1 saturated carbocycles. The van der Waals surface area contributed by atoms with Crippen LogP contribution in [0.2, 0.25) is 0 Å². The van der Waals surface area contributed by atoms with Gasteiger partial charge >= 0.3 is 0 Å². The summed E-state index contributed by atoms with van der Waals surface area (Å²) in [4.78, 5) is 12.7. The summed E-state index contributed by atoms with van der Waals surface area (Å²) in [7, 11) is -4.02. The van der Waals surface area contributed by atoms with Crippen LogP contribution in [0.25, 0.3) is 0 Å². The van der Waals surface area contributed by atoms with E-state index in [-0.39, 0.29) is 16.5 Å². The number of rotatable bonds is 6. The highest BCUT2D eigenvalue weighted by Gasteiger charge is 2.28.